The molecule has 1 aliphatic heterocycles. The Morgan fingerprint density at radius 3 is 2.74 bits per heavy atom. The largest absolute Gasteiger partial charge is 0.465 e. The summed E-state index contributed by atoms with van der Waals surface area (Å²) in [6, 6.07) is 11.9. The van der Waals surface area contributed by atoms with Crippen LogP contribution in [0.5, 0.6) is 0 Å². The van der Waals surface area contributed by atoms with Gasteiger partial charge < -0.3 is 10.1 Å². The Labute approximate surface area is 169 Å². The maximum atomic E-state index is 12.0. The van der Waals surface area contributed by atoms with Crippen LogP contribution in [-0.2, 0) is 4.74 Å². The maximum absolute atomic E-state index is 12.0. The van der Waals surface area contributed by atoms with Crippen LogP contribution in [0.3, 0.4) is 0 Å². The van der Waals surface area contributed by atoms with Crippen LogP contribution in [0.25, 0.3) is 0 Å². The molecule has 5 heteroatoms. The van der Waals surface area contributed by atoms with Crippen molar-refractivity contribution in [3.05, 3.63) is 63.1 Å². The number of carbonyl (C=O) groups excluding carboxylic acids is 1. The van der Waals surface area contributed by atoms with Crippen molar-refractivity contribution in [3.63, 3.8) is 0 Å². The average molecular weight is 402 g/mol. The molecule has 0 radical (unpaired) electrons. The molecule has 2 bridgehead atoms. The standard InChI is InChI=1S/C22H21Cl2NO2/c1-27-22(26)13-7-8-17-15(10-13)18-11-5-6-12(9-11)19(18)21(25-17)14-3-2-4-16(23)20(14)24/h2-4,7-8,10-12,18-19,21,25H,5-6,9H2,1H3/t11-,12-,18-,19-,21+/m0/s1. The van der Waals surface area contributed by atoms with Crippen molar-refractivity contribution in [2.24, 2.45) is 17.8 Å². The molecule has 0 saturated heterocycles. The number of rotatable bonds is 2. The summed E-state index contributed by atoms with van der Waals surface area (Å²) in [6.45, 7) is 0. The molecule has 1 heterocycles. The molecule has 0 amide bonds. The predicted octanol–water partition coefficient (Wildman–Crippen LogP) is 6.08. The molecule has 3 aliphatic rings. The van der Waals surface area contributed by atoms with Crippen molar-refractivity contribution in [2.75, 3.05) is 12.4 Å². The lowest BCUT2D eigenvalue weighted by Crippen LogP contribution is -2.35. The smallest absolute Gasteiger partial charge is 0.337 e. The van der Waals surface area contributed by atoms with Gasteiger partial charge in [-0.3, -0.25) is 0 Å². The van der Waals surface area contributed by atoms with E-state index < -0.39 is 0 Å². The highest BCUT2D eigenvalue weighted by Crippen LogP contribution is 2.64. The normalized spacial score (nSPS) is 30.4. The molecule has 5 atom stereocenters. The molecular weight excluding hydrogens is 381 g/mol. The summed E-state index contributed by atoms with van der Waals surface area (Å²) in [7, 11) is 1.43. The van der Waals surface area contributed by atoms with E-state index in [0.717, 1.165) is 11.3 Å². The molecule has 0 unspecified atom stereocenters. The Morgan fingerprint density at radius 2 is 1.93 bits per heavy atom. The summed E-state index contributed by atoms with van der Waals surface area (Å²) in [6.07, 6.45) is 3.80. The van der Waals surface area contributed by atoms with Crippen molar-refractivity contribution >= 4 is 34.9 Å². The van der Waals surface area contributed by atoms with Crippen molar-refractivity contribution in [1.29, 1.82) is 0 Å². The lowest BCUT2D eigenvalue weighted by Gasteiger charge is -2.44. The first kappa shape index (κ1) is 17.4. The third-order valence-electron chi connectivity index (χ3n) is 6.82. The van der Waals surface area contributed by atoms with E-state index in [9.17, 15) is 4.79 Å². The number of halogens is 2. The zero-order valence-electron chi connectivity index (χ0n) is 15.0. The number of esters is 1. The van der Waals surface area contributed by atoms with Gasteiger partial charge in [-0.2, -0.15) is 0 Å². The summed E-state index contributed by atoms with van der Waals surface area (Å²) in [5.41, 5.74) is 4.05. The second-order valence-electron chi connectivity index (χ2n) is 8.00. The topological polar surface area (TPSA) is 38.3 Å². The fourth-order valence-electron chi connectivity index (χ4n) is 5.80. The first-order chi connectivity index (χ1) is 13.1. The Kier molecular flexibility index (Phi) is 4.14. The SMILES string of the molecule is COC(=O)c1ccc2c(c1)[C@@H]1[C@H]3CC[C@@H](C3)[C@@H]1[C@@H](c1cccc(Cl)c1Cl)N2. The van der Waals surface area contributed by atoms with Gasteiger partial charge in [-0.1, -0.05) is 35.3 Å². The Bertz CT molecular complexity index is 929. The molecule has 2 aromatic carbocycles. The predicted molar refractivity (Wildman–Crippen MR) is 108 cm³/mol. The van der Waals surface area contributed by atoms with Crippen LogP contribution in [0.2, 0.25) is 10.0 Å². The minimum atomic E-state index is -0.280. The Hall–Kier alpha value is -1.71. The summed E-state index contributed by atoms with van der Waals surface area (Å²) in [5, 5.41) is 4.97. The lowest BCUT2D eigenvalue weighted by atomic mass is 9.68. The minimum Gasteiger partial charge on any atom is -0.465 e. The molecular formula is C22H21Cl2NO2. The number of benzene rings is 2. The highest BCUT2D eigenvalue weighted by molar-refractivity contribution is 6.42. The number of nitrogens with one attached hydrogen (secondary N) is 1. The summed E-state index contributed by atoms with van der Waals surface area (Å²) in [5.74, 6) is 2.00. The van der Waals surface area contributed by atoms with E-state index in [4.69, 9.17) is 27.9 Å². The number of anilines is 1. The van der Waals surface area contributed by atoms with Crippen LogP contribution >= 0.6 is 23.2 Å². The number of methoxy groups -OCH3 is 1. The van der Waals surface area contributed by atoms with Gasteiger partial charge in [0.15, 0.2) is 0 Å². The van der Waals surface area contributed by atoms with Crippen molar-refractivity contribution < 1.29 is 9.53 Å². The minimum absolute atomic E-state index is 0.146. The zero-order valence-corrected chi connectivity index (χ0v) is 16.6. The van der Waals surface area contributed by atoms with Gasteiger partial charge in [0, 0.05) is 5.69 Å². The average Bonchev–Trinajstić information content (AvgIpc) is 3.31. The molecule has 2 aliphatic carbocycles. The summed E-state index contributed by atoms with van der Waals surface area (Å²) in [4.78, 5) is 12.0. The van der Waals surface area contributed by atoms with E-state index in [1.165, 1.54) is 31.9 Å². The van der Waals surface area contributed by atoms with Crippen molar-refractivity contribution in [2.45, 2.75) is 31.2 Å². The van der Waals surface area contributed by atoms with E-state index >= 15 is 0 Å². The fourth-order valence-corrected chi connectivity index (χ4v) is 6.23. The quantitative estimate of drug-likeness (QED) is 0.619. The van der Waals surface area contributed by atoms with Crippen LogP contribution in [0.4, 0.5) is 5.69 Å². The Balaban J connectivity index is 1.63. The van der Waals surface area contributed by atoms with E-state index in [-0.39, 0.29) is 12.0 Å². The zero-order chi connectivity index (χ0) is 18.7. The molecule has 140 valence electrons. The molecule has 2 aromatic rings. The number of hydrogen-bond acceptors (Lipinski definition) is 3. The maximum Gasteiger partial charge on any atom is 0.337 e. The van der Waals surface area contributed by atoms with Gasteiger partial charge in [-0.25, -0.2) is 4.79 Å². The molecule has 0 spiro atoms. The van der Waals surface area contributed by atoms with Crippen molar-refractivity contribution in [1.82, 2.24) is 0 Å². The molecule has 0 aromatic heterocycles. The Morgan fingerprint density at radius 1 is 1.11 bits per heavy atom. The van der Waals surface area contributed by atoms with E-state index in [2.05, 4.69) is 11.4 Å². The van der Waals surface area contributed by atoms with E-state index in [1.807, 2.05) is 30.3 Å². The molecule has 2 saturated carbocycles. The van der Waals surface area contributed by atoms with Crippen LogP contribution in [0.15, 0.2) is 36.4 Å². The van der Waals surface area contributed by atoms with Gasteiger partial charge in [0.05, 0.1) is 28.8 Å². The van der Waals surface area contributed by atoms with Crippen LogP contribution in [-0.4, -0.2) is 13.1 Å². The molecule has 2 fully saturated rings. The van der Waals surface area contributed by atoms with Gasteiger partial charge in [-0.05, 0) is 78.3 Å². The second-order valence-corrected chi connectivity index (χ2v) is 8.78. The number of ether oxygens (including phenoxy) is 1. The summed E-state index contributed by atoms with van der Waals surface area (Å²) < 4.78 is 4.93. The molecule has 5 rings (SSSR count). The number of hydrogen-bond donors (Lipinski definition) is 1. The van der Waals surface area contributed by atoms with Gasteiger partial charge in [-0.15, -0.1) is 0 Å². The third-order valence-corrected chi connectivity index (χ3v) is 7.66. The second kappa shape index (κ2) is 6.42. The van der Waals surface area contributed by atoms with Crippen molar-refractivity contribution in [3.8, 4) is 0 Å². The number of carbonyl (C=O) groups is 1. The number of fused-ring (bicyclic) bond motifs is 7. The van der Waals surface area contributed by atoms with Gasteiger partial charge in [0.25, 0.3) is 0 Å². The lowest BCUT2D eigenvalue weighted by molar-refractivity contribution is 0.0600. The van der Waals surface area contributed by atoms with E-state index in [0.29, 0.717) is 39.3 Å². The first-order valence-corrected chi connectivity index (χ1v) is 10.3. The van der Waals surface area contributed by atoms with Crippen LogP contribution < -0.4 is 5.32 Å². The molecule has 27 heavy (non-hydrogen) atoms. The highest BCUT2D eigenvalue weighted by atomic mass is 35.5. The highest BCUT2D eigenvalue weighted by Gasteiger charge is 2.54. The van der Waals surface area contributed by atoms with Gasteiger partial charge in [0.1, 0.15) is 0 Å². The molecule has 1 N–H and O–H groups in total. The summed E-state index contributed by atoms with van der Waals surface area (Å²) >= 11 is 12.9. The first-order valence-electron chi connectivity index (χ1n) is 9.51. The van der Waals surface area contributed by atoms with Gasteiger partial charge in [0.2, 0.25) is 0 Å². The van der Waals surface area contributed by atoms with E-state index in [1.54, 1.807) is 0 Å². The fraction of sp³-hybridized carbons (Fsp3) is 0.409. The van der Waals surface area contributed by atoms with Crippen LogP contribution in [0.1, 0.15) is 52.7 Å². The monoisotopic (exact) mass is 401 g/mol. The van der Waals surface area contributed by atoms with Gasteiger partial charge >= 0.3 is 5.97 Å². The third kappa shape index (κ3) is 2.59. The van der Waals surface area contributed by atoms with Crippen LogP contribution in [0, 0.1) is 17.8 Å². The molecule has 3 nitrogen and oxygen atoms in total.